The van der Waals surface area contributed by atoms with E-state index in [2.05, 4.69) is 19.9 Å². The van der Waals surface area contributed by atoms with Crippen LogP contribution in [0.4, 0.5) is 19.1 Å². The van der Waals surface area contributed by atoms with E-state index in [9.17, 15) is 18.4 Å². The first kappa shape index (κ1) is 18.1. The fourth-order valence-corrected chi connectivity index (χ4v) is 2.87. The molecule has 0 aliphatic carbocycles. The molecule has 1 saturated heterocycles. The lowest BCUT2D eigenvalue weighted by Gasteiger charge is -2.14. The second kappa shape index (κ2) is 7.30. The summed E-state index contributed by atoms with van der Waals surface area (Å²) in [6.07, 6.45) is 2.84. The molecule has 0 aromatic carbocycles. The Morgan fingerprint density at radius 3 is 2.35 bits per heavy atom. The number of halogens is 4. The van der Waals surface area contributed by atoms with Crippen LogP contribution in [-0.4, -0.2) is 28.0 Å². The normalized spacial score (nSPS) is 15.2. The summed E-state index contributed by atoms with van der Waals surface area (Å²) in [5.74, 6) is 0.615. The number of hydrogen-bond acceptors (Lipinski definition) is 5. The van der Waals surface area contributed by atoms with Gasteiger partial charge in [0.25, 0.3) is 0 Å². The van der Waals surface area contributed by atoms with E-state index in [0.29, 0.717) is 17.7 Å². The van der Waals surface area contributed by atoms with E-state index >= 15 is 0 Å². The van der Waals surface area contributed by atoms with Gasteiger partial charge in [0.2, 0.25) is 5.95 Å². The lowest BCUT2D eigenvalue weighted by atomic mass is 10.1. The highest BCUT2D eigenvalue weighted by Gasteiger charge is 2.31. The fraction of sp³-hybridized carbons (Fsp3) is 0.294. The Bertz CT molecular complexity index is 865. The molecular formula is C17H13ClF3N5. The first-order valence-electron chi connectivity index (χ1n) is 7.80. The molecule has 1 aliphatic heterocycles. The molecule has 5 nitrogen and oxygen atoms in total. The van der Waals surface area contributed by atoms with Gasteiger partial charge in [-0.05, 0) is 25.0 Å². The molecule has 0 saturated carbocycles. The fourth-order valence-electron chi connectivity index (χ4n) is 2.60. The quantitative estimate of drug-likeness (QED) is 0.747. The number of anilines is 1. The van der Waals surface area contributed by atoms with Gasteiger partial charge in [-0.1, -0.05) is 11.6 Å². The second-order valence-corrected chi connectivity index (χ2v) is 6.14. The number of hydrogen-bond donors (Lipinski definition) is 0. The van der Waals surface area contributed by atoms with Crippen LogP contribution >= 0.6 is 11.6 Å². The van der Waals surface area contributed by atoms with E-state index in [0.717, 1.165) is 32.0 Å². The lowest BCUT2D eigenvalue weighted by molar-refractivity contribution is -0.137. The van der Waals surface area contributed by atoms with Gasteiger partial charge in [-0.3, -0.25) is 4.98 Å². The first-order chi connectivity index (χ1) is 12.4. The molecular weight excluding hydrogens is 367 g/mol. The van der Waals surface area contributed by atoms with Crippen molar-refractivity contribution in [2.24, 2.45) is 0 Å². The maximum absolute atomic E-state index is 12.7. The molecule has 0 atom stereocenters. The Kier molecular flexibility index (Phi) is 5.09. The van der Waals surface area contributed by atoms with Crippen LogP contribution in [0.1, 0.15) is 29.7 Å². The smallest absolute Gasteiger partial charge is 0.341 e. The lowest BCUT2D eigenvalue weighted by Crippen LogP contribution is -2.20. The van der Waals surface area contributed by atoms with Crippen LogP contribution in [-0.2, 0) is 6.18 Å². The van der Waals surface area contributed by atoms with Crippen molar-refractivity contribution in [2.45, 2.75) is 19.0 Å². The highest BCUT2D eigenvalue weighted by molar-refractivity contribution is 6.32. The summed E-state index contributed by atoms with van der Waals surface area (Å²) in [5, 5.41) is 9.09. The maximum atomic E-state index is 12.7. The summed E-state index contributed by atoms with van der Waals surface area (Å²) in [5.41, 5.74) is -0.434. The van der Waals surface area contributed by atoms with Gasteiger partial charge in [-0.2, -0.15) is 18.4 Å². The monoisotopic (exact) mass is 379 g/mol. The van der Waals surface area contributed by atoms with Crippen molar-refractivity contribution >= 4 is 29.2 Å². The topological polar surface area (TPSA) is 65.7 Å². The van der Waals surface area contributed by atoms with E-state index in [-0.39, 0.29) is 16.3 Å². The van der Waals surface area contributed by atoms with Crippen LogP contribution in [0.25, 0.3) is 11.6 Å². The van der Waals surface area contributed by atoms with Crippen molar-refractivity contribution in [3.8, 4) is 6.07 Å². The Labute approximate surface area is 152 Å². The molecule has 2 aromatic heterocycles. The van der Waals surface area contributed by atoms with Gasteiger partial charge in [-0.15, -0.1) is 0 Å². The van der Waals surface area contributed by atoms with Crippen molar-refractivity contribution < 1.29 is 13.2 Å². The molecule has 0 radical (unpaired) electrons. The van der Waals surface area contributed by atoms with Gasteiger partial charge < -0.3 is 4.90 Å². The number of allylic oxidation sites excluding steroid dienone is 1. The zero-order valence-corrected chi connectivity index (χ0v) is 14.2. The third kappa shape index (κ3) is 3.94. The molecule has 0 N–H and O–H groups in total. The molecule has 2 aromatic rings. The largest absolute Gasteiger partial charge is 0.417 e. The summed E-state index contributed by atoms with van der Waals surface area (Å²) in [4.78, 5) is 14.3. The number of rotatable bonds is 3. The third-order valence-electron chi connectivity index (χ3n) is 3.90. The summed E-state index contributed by atoms with van der Waals surface area (Å²) in [6, 6.07) is 2.65. The standard InChI is InChI=1S/C17H13ClF3N5/c18-14-6-13(17(19,20)21)10-23-15(14)12(7-22)5-11-8-24-16(25-9-11)26-3-1-2-4-26/h5-6,8-10H,1-4H2/b12-5-. The SMILES string of the molecule is N#C/C(=C/c1cnc(N2CCCC2)nc1)c1ncc(C(F)(F)F)cc1Cl. The van der Waals surface area contributed by atoms with Crippen molar-refractivity contribution in [3.63, 3.8) is 0 Å². The summed E-state index contributed by atoms with van der Waals surface area (Å²) in [7, 11) is 0. The molecule has 0 unspecified atom stereocenters. The van der Waals surface area contributed by atoms with Gasteiger partial charge in [0.05, 0.1) is 21.9 Å². The average molecular weight is 380 g/mol. The molecule has 134 valence electrons. The van der Waals surface area contributed by atoms with Crippen LogP contribution < -0.4 is 4.90 Å². The molecule has 1 fully saturated rings. The van der Waals surface area contributed by atoms with Crippen LogP contribution in [0, 0.1) is 11.3 Å². The second-order valence-electron chi connectivity index (χ2n) is 5.73. The van der Waals surface area contributed by atoms with Crippen molar-refractivity contribution in [2.75, 3.05) is 18.0 Å². The summed E-state index contributed by atoms with van der Waals surface area (Å²) >= 11 is 5.89. The van der Waals surface area contributed by atoms with E-state index in [1.54, 1.807) is 12.4 Å². The van der Waals surface area contributed by atoms with Gasteiger partial charge in [-0.25, -0.2) is 9.97 Å². The van der Waals surface area contributed by atoms with Crippen molar-refractivity contribution in [1.29, 1.82) is 5.26 Å². The van der Waals surface area contributed by atoms with E-state index in [1.165, 1.54) is 6.08 Å². The van der Waals surface area contributed by atoms with Gasteiger partial charge in [0.15, 0.2) is 0 Å². The van der Waals surface area contributed by atoms with Crippen molar-refractivity contribution in [3.05, 3.63) is 46.5 Å². The molecule has 0 spiro atoms. The predicted octanol–water partition coefficient (Wildman–Crippen LogP) is 4.21. The predicted molar refractivity (Wildman–Crippen MR) is 91.2 cm³/mol. The Hall–Kier alpha value is -2.66. The van der Waals surface area contributed by atoms with Crippen LogP contribution in [0.5, 0.6) is 0 Å². The minimum atomic E-state index is -4.55. The molecule has 0 amide bonds. The van der Waals surface area contributed by atoms with E-state index in [4.69, 9.17) is 11.6 Å². The Balaban J connectivity index is 1.87. The Morgan fingerprint density at radius 2 is 1.81 bits per heavy atom. The van der Waals surface area contributed by atoms with E-state index < -0.39 is 11.7 Å². The number of pyridine rings is 1. The molecule has 0 bridgehead atoms. The molecule has 9 heteroatoms. The number of nitriles is 1. The van der Waals surface area contributed by atoms with Crippen LogP contribution in [0.3, 0.4) is 0 Å². The maximum Gasteiger partial charge on any atom is 0.417 e. The van der Waals surface area contributed by atoms with Crippen molar-refractivity contribution in [1.82, 2.24) is 15.0 Å². The van der Waals surface area contributed by atoms with Gasteiger partial charge >= 0.3 is 6.18 Å². The van der Waals surface area contributed by atoms with Crippen LogP contribution in [0.2, 0.25) is 5.02 Å². The third-order valence-corrected chi connectivity index (χ3v) is 4.19. The number of aromatic nitrogens is 3. The number of alkyl halides is 3. The summed E-state index contributed by atoms with van der Waals surface area (Å²) < 4.78 is 38.1. The highest BCUT2D eigenvalue weighted by Crippen LogP contribution is 2.33. The molecule has 26 heavy (non-hydrogen) atoms. The Morgan fingerprint density at radius 1 is 1.15 bits per heavy atom. The van der Waals surface area contributed by atoms with Gasteiger partial charge in [0.1, 0.15) is 6.07 Å². The molecule has 3 rings (SSSR count). The number of nitrogens with zero attached hydrogens (tertiary/aromatic N) is 5. The zero-order valence-electron chi connectivity index (χ0n) is 13.5. The zero-order chi connectivity index (χ0) is 18.7. The summed E-state index contributed by atoms with van der Waals surface area (Å²) in [6.45, 7) is 1.81. The average Bonchev–Trinajstić information content (AvgIpc) is 3.14. The molecule has 3 heterocycles. The minimum Gasteiger partial charge on any atom is -0.341 e. The highest BCUT2D eigenvalue weighted by atomic mass is 35.5. The minimum absolute atomic E-state index is 0.0224. The first-order valence-corrected chi connectivity index (χ1v) is 8.18. The van der Waals surface area contributed by atoms with Crippen LogP contribution in [0.15, 0.2) is 24.7 Å². The molecule has 1 aliphatic rings. The van der Waals surface area contributed by atoms with E-state index in [1.807, 2.05) is 6.07 Å². The van der Waals surface area contributed by atoms with Gasteiger partial charge in [0, 0.05) is 37.2 Å².